The first-order valence-electron chi connectivity index (χ1n) is 9.12. The molecule has 1 rings (SSSR count). The van der Waals surface area contributed by atoms with Crippen molar-refractivity contribution in [3.8, 4) is 0 Å². The third-order valence-corrected chi connectivity index (χ3v) is 5.84. The molecule has 0 fully saturated rings. The maximum absolute atomic E-state index is 12.0. The van der Waals surface area contributed by atoms with Crippen LogP contribution in [0.1, 0.15) is 44.9 Å². The molecule has 0 bridgehead atoms. The highest BCUT2D eigenvalue weighted by Gasteiger charge is 2.28. The minimum atomic E-state index is -1.56. The van der Waals surface area contributed by atoms with Crippen LogP contribution in [0.25, 0.3) is 0 Å². The number of carbonyl (C=O) groups excluding carboxylic acids is 1. The Labute approximate surface area is 145 Å². The summed E-state index contributed by atoms with van der Waals surface area (Å²) < 4.78 is 11.9. The minimum absolute atomic E-state index is 0.0443. The van der Waals surface area contributed by atoms with Crippen molar-refractivity contribution in [1.29, 1.82) is 0 Å². The molecule has 0 aromatic carbocycles. The molecule has 0 aromatic heterocycles. The van der Waals surface area contributed by atoms with E-state index in [2.05, 4.69) is 45.4 Å². The first-order valence-corrected chi connectivity index (χ1v) is 15.9. The lowest BCUT2D eigenvalue weighted by Gasteiger charge is -2.21. The van der Waals surface area contributed by atoms with Gasteiger partial charge in [0, 0.05) is 13.0 Å². The second kappa shape index (κ2) is 9.30. The van der Waals surface area contributed by atoms with Crippen molar-refractivity contribution in [1.82, 2.24) is 0 Å². The van der Waals surface area contributed by atoms with E-state index in [1.54, 1.807) is 0 Å². The largest absolute Gasteiger partial charge is 0.418 e. The van der Waals surface area contributed by atoms with Gasteiger partial charge in [0.1, 0.15) is 0 Å². The van der Waals surface area contributed by atoms with Gasteiger partial charge in [0.15, 0.2) is 22.4 Å². The number of allylic oxidation sites excluding steroid dienone is 1. The van der Waals surface area contributed by atoms with Crippen LogP contribution in [-0.2, 0) is 13.6 Å². The van der Waals surface area contributed by atoms with Gasteiger partial charge in [-0.2, -0.15) is 0 Å². The van der Waals surface area contributed by atoms with Crippen LogP contribution in [0.5, 0.6) is 0 Å². The fraction of sp³-hybridized carbons (Fsp3) is 0.833. The van der Waals surface area contributed by atoms with Gasteiger partial charge in [-0.05, 0) is 70.2 Å². The van der Waals surface area contributed by atoms with Gasteiger partial charge in [-0.3, -0.25) is 4.79 Å². The van der Waals surface area contributed by atoms with E-state index in [1.807, 2.05) is 0 Å². The molecular weight excluding hydrogens is 320 g/mol. The molecule has 0 radical (unpaired) electrons. The summed E-state index contributed by atoms with van der Waals surface area (Å²) in [7, 11) is -2.89. The van der Waals surface area contributed by atoms with Crippen molar-refractivity contribution in [2.24, 2.45) is 0 Å². The zero-order valence-electron chi connectivity index (χ0n) is 16.0. The van der Waals surface area contributed by atoms with Crippen LogP contribution in [0.3, 0.4) is 0 Å². The van der Waals surface area contributed by atoms with Gasteiger partial charge in [-0.15, -0.1) is 0 Å². The maximum Gasteiger partial charge on any atom is 0.184 e. The Morgan fingerprint density at radius 2 is 1.57 bits per heavy atom. The number of unbranched alkanes of at least 4 members (excludes halogenated alkanes) is 4. The summed E-state index contributed by atoms with van der Waals surface area (Å²) in [4.78, 5) is 12.0. The second-order valence-electron chi connectivity index (χ2n) is 8.57. The molecule has 0 aromatic rings. The van der Waals surface area contributed by atoms with Gasteiger partial charge < -0.3 is 8.85 Å². The number of carbonyl (C=O) groups is 1. The molecule has 0 saturated carbocycles. The Hall–Kier alpha value is -0.236. The van der Waals surface area contributed by atoms with Gasteiger partial charge in [-0.1, -0.05) is 19.3 Å². The number of hydrogen-bond donors (Lipinski definition) is 0. The lowest BCUT2D eigenvalue weighted by molar-refractivity contribution is -0.115. The van der Waals surface area contributed by atoms with E-state index in [4.69, 9.17) is 8.85 Å². The lowest BCUT2D eigenvalue weighted by atomic mass is 10.0. The normalized spacial score (nSPS) is 19.3. The molecule has 0 spiro atoms. The predicted octanol–water partition coefficient (Wildman–Crippen LogP) is 5.30. The summed E-state index contributed by atoms with van der Waals surface area (Å²) >= 11 is 0. The Morgan fingerprint density at radius 1 is 0.957 bits per heavy atom. The van der Waals surface area contributed by atoms with Crippen LogP contribution in [-0.4, -0.2) is 35.1 Å². The van der Waals surface area contributed by atoms with E-state index in [-0.39, 0.29) is 6.10 Å². The monoisotopic (exact) mass is 356 g/mol. The average molecular weight is 357 g/mol. The highest BCUT2D eigenvalue weighted by molar-refractivity contribution is 6.70. The minimum Gasteiger partial charge on any atom is -0.418 e. The molecule has 134 valence electrons. The first-order chi connectivity index (χ1) is 10.6. The third kappa shape index (κ3) is 10.3. The van der Waals surface area contributed by atoms with Crippen molar-refractivity contribution < 1.29 is 13.6 Å². The maximum atomic E-state index is 12.0. The highest BCUT2D eigenvalue weighted by Crippen LogP contribution is 2.25. The lowest BCUT2D eigenvalue weighted by Crippen LogP contribution is -2.30. The molecule has 0 heterocycles. The zero-order valence-corrected chi connectivity index (χ0v) is 18.0. The predicted molar refractivity (Wildman–Crippen MR) is 103 cm³/mol. The van der Waals surface area contributed by atoms with Crippen LogP contribution in [0.15, 0.2) is 11.6 Å². The molecular formula is C18H36O3Si2. The van der Waals surface area contributed by atoms with E-state index in [9.17, 15) is 4.79 Å². The molecule has 0 N–H and O–H groups in total. The number of hydrogen-bond acceptors (Lipinski definition) is 3. The number of Topliss-reactive ketones (excluding diaryl/α,β-unsaturated/α-hetero) is 1. The average Bonchev–Trinajstić information content (AvgIpc) is 2.69. The van der Waals surface area contributed by atoms with Crippen molar-refractivity contribution in [3.63, 3.8) is 0 Å². The molecule has 3 nitrogen and oxygen atoms in total. The van der Waals surface area contributed by atoms with Crippen LogP contribution in [0.2, 0.25) is 39.3 Å². The molecule has 0 unspecified atom stereocenters. The Balaban J connectivity index is 2.11. The van der Waals surface area contributed by atoms with Gasteiger partial charge in [0.2, 0.25) is 0 Å². The van der Waals surface area contributed by atoms with Crippen LogP contribution in [0.4, 0.5) is 0 Å². The van der Waals surface area contributed by atoms with E-state index >= 15 is 0 Å². The van der Waals surface area contributed by atoms with Crippen molar-refractivity contribution in [3.05, 3.63) is 11.6 Å². The molecule has 1 aliphatic rings. The molecule has 23 heavy (non-hydrogen) atoms. The summed E-state index contributed by atoms with van der Waals surface area (Å²) in [6.45, 7) is 14.1. The summed E-state index contributed by atoms with van der Waals surface area (Å²) in [5.41, 5.74) is 1.01. The van der Waals surface area contributed by atoms with Crippen molar-refractivity contribution in [2.75, 3.05) is 6.61 Å². The van der Waals surface area contributed by atoms with E-state index in [1.165, 1.54) is 19.3 Å². The summed E-state index contributed by atoms with van der Waals surface area (Å²) in [5, 5.41) is 0. The van der Waals surface area contributed by atoms with Crippen LogP contribution < -0.4 is 0 Å². The van der Waals surface area contributed by atoms with Crippen molar-refractivity contribution in [2.45, 2.75) is 90.3 Å². The second-order valence-corrected chi connectivity index (χ2v) is 17.5. The van der Waals surface area contributed by atoms with Gasteiger partial charge in [0.05, 0.1) is 6.10 Å². The fourth-order valence-corrected chi connectivity index (χ4v) is 4.59. The zero-order chi connectivity index (χ0) is 17.5. The SMILES string of the molecule is C[Si](C)(C)OCCCCCCCC1=C[C@H](O[Si](C)(C)C)CC1=O. The molecule has 0 saturated heterocycles. The Morgan fingerprint density at radius 3 is 2.17 bits per heavy atom. The standard InChI is InChI=1S/C18H36O3Si2/c1-22(2,3)20-13-11-9-7-8-10-12-16-14-17(15-18(16)19)21-23(4,5)6/h14,17H,7-13,15H2,1-6H3/t17-/m0/s1. The summed E-state index contributed by atoms with van der Waals surface area (Å²) in [6.07, 6.45) is 9.58. The number of ketones is 1. The van der Waals surface area contributed by atoms with Gasteiger partial charge >= 0.3 is 0 Å². The van der Waals surface area contributed by atoms with E-state index in [0.717, 1.165) is 31.4 Å². The van der Waals surface area contributed by atoms with Crippen molar-refractivity contribution >= 4 is 22.4 Å². The van der Waals surface area contributed by atoms with Crippen LogP contribution in [0, 0.1) is 0 Å². The molecule has 1 atom stereocenters. The van der Waals surface area contributed by atoms with E-state index in [0.29, 0.717) is 12.2 Å². The van der Waals surface area contributed by atoms with Crippen LogP contribution >= 0.6 is 0 Å². The smallest absolute Gasteiger partial charge is 0.184 e. The van der Waals surface area contributed by atoms with Gasteiger partial charge in [0.25, 0.3) is 0 Å². The topological polar surface area (TPSA) is 35.5 Å². The highest BCUT2D eigenvalue weighted by atomic mass is 28.4. The van der Waals surface area contributed by atoms with E-state index < -0.39 is 16.6 Å². The quantitative estimate of drug-likeness (QED) is 0.372. The van der Waals surface area contributed by atoms with Gasteiger partial charge in [-0.25, -0.2) is 0 Å². The first kappa shape index (κ1) is 20.8. The Kier molecular flexibility index (Phi) is 8.41. The number of rotatable bonds is 11. The fourth-order valence-electron chi connectivity index (χ4n) is 2.77. The molecule has 5 heteroatoms. The molecule has 0 aliphatic heterocycles. The summed E-state index contributed by atoms with van der Waals surface area (Å²) in [6, 6.07) is 0. The molecule has 1 aliphatic carbocycles. The summed E-state index contributed by atoms with van der Waals surface area (Å²) in [5.74, 6) is 0.303. The third-order valence-electron chi connectivity index (χ3n) is 3.76. The molecule has 0 amide bonds. The Bertz CT molecular complexity index is 405.